The van der Waals surface area contributed by atoms with Gasteiger partial charge in [0.25, 0.3) is 0 Å². The molecule has 5 rings (SSSR count). The molecule has 1 N–H and O–H groups in total. The third kappa shape index (κ3) is 2.38. The molecule has 0 radical (unpaired) electrons. The topological polar surface area (TPSA) is 37.3 Å². The number of carboxylic acid groups (broad SMARTS) is 1. The SMILES string of the molecule is O=C(O)c1cccc(-c2cccc3c4ccccc4c4ccccc4c23)c1. The first-order valence-electron chi connectivity index (χ1n) is 8.90. The fourth-order valence-electron chi connectivity index (χ4n) is 4.02. The second kappa shape index (κ2) is 5.96. The summed E-state index contributed by atoms with van der Waals surface area (Å²) in [5.41, 5.74) is 2.27. The Bertz CT molecular complexity index is 1300. The van der Waals surface area contributed by atoms with E-state index in [0.717, 1.165) is 16.5 Å². The number of hydrogen-bond donors (Lipinski definition) is 1. The summed E-state index contributed by atoms with van der Waals surface area (Å²) >= 11 is 0. The monoisotopic (exact) mass is 348 g/mol. The van der Waals surface area contributed by atoms with E-state index in [1.54, 1.807) is 18.2 Å². The summed E-state index contributed by atoms with van der Waals surface area (Å²) in [4.78, 5) is 11.4. The Labute approximate surface area is 156 Å². The Kier molecular flexibility index (Phi) is 3.44. The fraction of sp³-hybridized carbons (Fsp3) is 0. The Balaban J connectivity index is 1.99. The molecule has 2 heteroatoms. The highest BCUT2D eigenvalue weighted by Crippen LogP contribution is 2.40. The number of hydrogen-bond acceptors (Lipinski definition) is 1. The molecule has 0 saturated heterocycles. The van der Waals surface area contributed by atoms with Crippen molar-refractivity contribution in [2.45, 2.75) is 0 Å². The second-order valence-corrected chi connectivity index (χ2v) is 6.71. The van der Waals surface area contributed by atoms with E-state index in [-0.39, 0.29) is 0 Å². The zero-order valence-electron chi connectivity index (χ0n) is 14.5. The summed E-state index contributed by atoms with van der Waals surface area (Å²) in [7, 11) is 0. The summed E-state index contributed by atoms with van der Waals surface area (Å²) in [5, 5.41) is 16.6. The van der Waals surface area contributed by atoms with Gasteiger partial charge in [-0.05, 0) is 55.6 Å². The van der Waals surface area contributed by atoms with Gasteiger partial charge in [-0.3, -0.25) is 0 Å². The third-order valence-electron chi connectivity index (χ3n) is 5.19. The average molecular weight is 348 g/mol. The lowest BCUT2D eigenvalue weighted by molar-refractivity contribution is 0.0697. The van der Waals surface area contributed by atoms with Crippen LogP contribution in [0, 0.1) is 0 Å². The molecule has 0 aliphatic heterocycles. The van der Waals surface area contributed by atoms with Crippen LogP contribution in [0.4, 0.5) is 0 Å². The standard InChI is InChI=1S/C25H16O2/c26-25(27)17-8-5-7-16(15-17)18-13-6-14-23-21-10-2-1-9-19(21)20-11-3-4-12-22(20)24(18)23/h1-15H,(H,26,27). The van der Waals surface area contributed by atoms with Gasteiger partial charge in [0.2, 0.25) is 0 Å². The molecule has 0 spiro atoms. The first-order chi connectivity index (χ1) is 13.2. The van der Waals surface area contributed by atoms with Crippen LogP contribution in [0.2, 0.25) is 0 Å². The van der Waals surface area contributed by atoms with Crippen molar-refractivity contribution in [3.63, 3.8) is 0 Å². The van der Waals surface area contributed by atoms with Crippen LogP contribution in [-0.2, 0) is 0 Å². The average Bonchev–Trinajstić information content (AvgIpc) is 2.73. The molecule has 0 unspecified atom stereocenters. The van der Waals surface area contributed by atoms with Crippen molar-refractivity contribution in [2.24, 2.45) is 0 Å². The van der Waals surface area contributed by atoms with Crippen molar-refractivity contribution in [1.82, 2.24) is 0 Å². The molecule has 27 heavy (non-hydrogen) atoms. The van der Waals surface area contributed by atoms with E-state index in [4.69, 9.17) is 0 Å². The van der Waals surface area contributed by atoms with E-state index in [9.17, 15) is 9.90 Å². The third-order valence-corrected chi connectivity index (χ3v) is 5.19. The second-order valence-electron chi connectivity index (χ2n) is 6.71. The van der Waals surface area contributed by atoms with E-state index in [0.29, 0.717) is 5.56 Å². The number of carbonyl (C=O) groups is 1. The highest BCUT2D eigenvalue weighted by molar-refractivity contribution is 6.28. The predicted octanol–water partition coefficient (Wildman–Crippen LogP) is 6.51. The van der Waals surface area contributed by atoms with Crippen LogP contribution in [0.5, 0.6) is 0 Å². The molecule has 128 valence electrons. The minimum absolute atomic E-state index is 0.301. The quantitative estimate of drug-likeness (QED) is 0.369. The normalized spacial score (nSPS) is 11.3. The number of carboxylic acids is 1. The van der Waals surface area contributed by atoms with Crippen molar-refractivity contribution in [3.8, 4) is 11.1 Å². The van der Waals surface area contributed by atoms with Crippen molar-refractivity contribution in [2.75, 3.05) is 0 Å². The van der Waals surface area contributed by atoms with Crippen LogP contribution >= 0.6 is 0 Å². The van der Waals surface area contributed by atoms with Crippen LogP contribution in [-0.4, -0.2) is 11.1 Å². The minimum Gasteiger partial charge on any atom is -0.478 e. The lowest BCUT2D eigenvalue weighted by atomic mass is 9.89. The summed E-state index contributed by atoms with van der Waals surface area (Å²) in [5.74, 6) is -0.910. The summed E-state index contributed by atoms with van der Waals surface area (Å²) in [6.07, 6.45) is 0. The molecule has 0 fully saturated rings. The number of aromatic carboxylic acids is 1. The van der Waals surface area contributed by atoms with E-state index < -0.39 is 5.97 Å². The van der Waals surface area contributed by atoms with E-state index >= 15 is 0 Å². The van der Waals surface area contributed by atoms with Gasteiger partial charge in [0.1, 0.15) is 0 Å². The molecule has 0 aliphatic rings. The molecule has 5 aromatic carbocycles. The molecule has 0 aromatic heterocycles. The largest absolute Gasteiger partial charge is 0.478 e. The summed E-state index contributed by atoms with van der Waals surface area (Å²) in [6.45, 7) is 0. The van der Waals surface area contributed by atoms with Gasteiger partial charge in [0.15, 0.2) is 0 Å². The van der Waals surface area contributed by atoms with Crippen LogP contribution in [0.25, 0.3) is 43.4 Å². The van der Waals surface area contributed by atoms with Gasteiger partial charge in [-0.1, -0.05) is 78.9 Å². The first kappa shape index (κ1) is 15.6. The van der Waals surface area contributed by atoms with Gasteiger partial charge < -0.3 is 5.11 Å². The van der Waals surface area contributed by atoms with Gasteiger partial charge >= 0.3 is 5.97 Å². The van der Waals surface area contributed by atoms with Gasteiger partial charge in [-0.2, -0.15) is 0 Å². The molecule has 0 heterocycles. The highest BCUT2D eigenvalue weighted by Gasteiger charge is 2.13. The predicted molar refractivity (Wildman–Crippen MR) is 111 cm³/mol. The molecular weight excluding hydrogens is 332 g/mol. The Morgan fingerprint density at radius 1 is 0.593 bits per heavy atom. The fourth-order valence-corrected chi connectivity index (χ4v) is 4.02. The van der Waals surface area contributed by atoms with Gasteiger partial charge in [0, 0.05) is 0 Å². The van der Waals surface area contributed by atoms with Crippen LogP contribution in [0.3, 0.4) is 0 Å². The molecule has 0 saturated carbocycles. The Morgan fingerprint density at radius 2 is 1.11 bits per heavy atom. The first-order valence-corrected chi connectivity index (χ1v) is 8.90. The molecule has 0 amide bonds. The van der Waals surface area contributed by atoms with Crippen molar-refractivity contribution < 1.29 is 9.90 Å². The molecule has 0 atom stereocenters. The van der Waals surface area contributed by atoms with Gasteiger partial charge in [0.05, 0.1) is 5.56 Å². The minimum atomic E-state index is -0.910. The van der Waals surface area contributed by atoms with E-state index in [1.807, 2.05) is 12.1 Å². The van der Waals surface area contributed by atoms with Crippen LogP contribution in [0.1, 0.15) is 10.4 Å². The molecule has 2 nitrogen and oxygen atoms in total. The Morgan fingerprint density at radius 3 is 1.74 bits per heavy atom. The summed E-state index contributed by atoms with van der Waals surface area (Å²) in [6, 6.07) is 30.3. The molecule has 0 aliphatic carbocycles. The number of rotatable bonds is 2. The van der Waals surface area contributed by atoms with E-state index in [1.165, 1.54) is 26.9 Å². The maximum absolute atomic E-state index is 11.4. The van der Waals surface area contributed by atoms with Crippen LogP contribution < -0.4 is 0 Å². The number of fused-ring (bicyclic) bond motifs is 6. The molecular formula is C25H16O2. The zero-order valence-corrected chi connectivity index (χ0v) is 14.5. The van der Waals surface area contributed by atoms with Crippen LogP contribution in [0.15, 0.2) is 91.0 Å². The van der Waals surface area contributed by atoms with E-state index in [2.05, 4.69) is 60.7 Å². The maximum atomic E-state index is 11.4. The van der Waals surface area contributed by atoms with Crippen molar-refractivity contribution in [1.29, 1.82) is 0 Å². The van der Waals surface area contributed by atoms with Crippen molar-refractivity contribution >= 4 is 38.3 Å². The number of benzene rings is 5. The highest BCUT2D eigenvalue weighted by atomic mass is 16.4. The maximum Gasteiger partial charge on any atom is 0.335 e. The zero-order chi connectivity index (χ0) is 18.4. The molecule has 0 bridgehead atoms. The lowest BCUT2D eigenvalue weighted by Crippen LogP contribution is -1.96. The van der Waals surface area contributed by atoms with Gasteiger partial charge in [-0.15, -0.1) is 0 Å². The lowest BCUT2D eigenvalue weighted by Gasteiger charge is -2.14. The Hall–Kier alpha value is -3.65. The molecule has 5 aromatic rings. The van der Waals surface area contributed by atoms with Crippen molar-refractivity contribution in [3.05, 3.63) is 96.6 Å². The van der Waals surface area contributed by atoms with Gasteiger partial charge in [-0.25, -0.2) is 4.79 Å². The summed E-state index contributed by atoms with van der Waals surface area (Å²) < 4.78 is 0. The smallest absolute Gasteiger partial charge is 0.335 e.